The molecule has 2 rings (SSSR count). The van der Waals surface area contributed by atoms with Crippen molar-refractivity contribution in [3.63, 3.8) is 0 Å². The minimum Gasteiger partial charge on any atom is -0.316 e. The lowest BCUT2D eigenvalue weighted by molar-refractivity contribution is 0.170. The number of nitrogens with zero attached hydrogens (tertiary/aromatic N) is 1. The summed E-state index contributed by atoms with van der Waals surface area (Å²) in [6.07, 6.45) is 10.7. The lowest BCUT2D eigenvalue weighted by Crippen LogP contribution is -2.35. The van der Waals surface area contributed by atoms with Crippen LogP contribution in [0.25, 0.3) is 0 Å². The van der Waals surface area contributed by atoms with E-state index in [-0.39, 0.29) is 0 Å². The third-order valence-electron chi connectivity index (χ3n) is 5.03. The van der Waals surface area contributed by atoms with Gasteiger partial charge in [0.2, 0.25) is 0 Å². The molecule has 3 unspecified atom stereocenters. The lowest BCUT2D eigenvalue weighted by Gasteiger charge is -2.36. The first-order chi connectivity index (χ1) is 10.2. The number of hydrogen-bond acceptors (Lipinski definition) is 2. The smallest absolute Gasteiger partial charge is 0.0270 e. The highest BCUT2D eigenvalue weighted by Gasteiger charge is 2.29. The van der Waals surface area contributed by atoms with E-state index in [1.165, 1.54) is 44.2 Å². The van der Waals surface area contributed by atoms with Gasteiger partial charge in [0.15, 0.2) is 0 Å². The number of aromatic nitrogens is 1. The first kappa shape index (κ1) is 16.5. The fourth-order valence-corrected chi connectivity index (χ4v) is 3.69. The Bertz CT molecular complexity index is 388. The second-order valence-electron chi connectivity index (χ2n) is 7.22. The highest BCUT2D eigenvalue weighted by Crippen LogP contribution is 2.37. The Morgan fingerprint density at radius 1 is 1.19 bits per heavy atom. The zero-order valence-electron chi connectivity index (χ0n) is 14.0. The van der Waals surface area contributed by atoms with Crippen molar-refractivity contribution in [1.29, 1.82) is 0 Å². The molecule has 1 aromatic heterocycles. The molecule has 21 heavy (non-hydrogen) atoms. The van der Waals surface area contributed by atoms with Gasteiger partial charge >= 0.3 is 0 Å². The molecule has 1 saturated carbocycles. The molecule has 0 radical (unpaired) electrons. The Hall–Kier alpha value is -0.890. The first-order valence-electron chi connectivity index (χ1n) is 8.78. The summed E-state index contributed by atoms with van der Waals surface area (Å²) in [5.74, 6) is 3.37. The van der Waals surface area contributed by atoms with E-state index in [2.05, 4.69) is 43.2 Å². The third-order valence-corrected chi connectivity index (χ3v) is 5.03. The van der Waals surface area contributed by atoms with Crippen molar-refractivity contribution < 1.29 is 0 Å². The summed E-state index contributed by atoms with van der Waals surface area (Å²) in [5.41, 5.74) is 1.46. The Morgan fingerprint density at radius 3 is 2.62 bits per heavy atom. The molecule has 2 heteroatoms. The normalized spacial score (nSPS) is 26.2. The third kappa shape index (κ3) is 5.43. The zero-order chi connectivity index (χ0) is 15.1. The maximum atomic E-state index is 4.15. The van der Waals surface area contributed by atoms with Crippen molar-refractivity contribution in [2.75, 3.05) is 13.1 Å². The van der Waals surface area contributed by atoms with E-state index in [9.17, 15) is 0 Å². The fraction of sp³-hybridized carbons (Fsp3) is 0.737. The largest absolute Gasteiger partial charge is 0.316 e. The highest BCUT2D eigenvalue weighted by molar-refractivity contribution is 5.11. The van der Waals surface area contributed by atoms with Crippen molar-refractivity contribution >= 4 is 0 Å². The molecule has 1 aromatic rings. The van der Waals surface area contributed by atoms with E-state index in [4.69, 9.17) is 0 Å². The molecule has 1 aliphatic carbocycles. The SMILES string of the molecule is CCC1CCC(CNCC(C)C)C(Cc2ccncc2)C1. The molecular weight excluding hydrogens is 256 g/mol. The molecule has 0 spiro atoms. The lowest BCUT2D eigenvalue weighted by atomic mass is 9.71. The average molecular weight is 288 g/mol. The summed E-state index contributed by atoms with van der Waals surface area (Å²) in [7, 11) is 0. The molecule has 0 amide bonds. The molecule has 3 atom stereocenters. The second kappa shape index (κ2) is 8.53. The summed E-state index contributed by atoms with van der Waals surface area (Å²) in [4.78, 5) is 4.15. The molecule has 1 heterocycles. The molecule has 0 saturated heterocycles. The zero-order valence-corrected chi connectivity index (χ0v) is 14.0. The number of pyridine rings is 1. The topological polar surface area (TPSA) is 24.9 Å². The van der Waals surface area contributed by atoms with E-state index in [0.717, 1.165) is 30.2 Å². The van der Waals surface area contributed by atoms with Gasteiger partial charge in [0.05, 0.1) is 0 Å². The van der Waals surface area contributed by atoms with Crippen molar-refractivity contribution in [2.45, 2.75) is 52.9 Å². The van der Waals surface area contributed by atoms with Crippen LogP contribution in [0.2, 0.25) is 0 Å². The minimum absolute atomic E-state index is 0.746. The van der Waals surface area contributed by atoms with Crippen LogP contribution < -0.4 is 5.32 Å². The van der Waals surface area contributed by atoms with Crippen molar-refractivity contribution in [3.05, 3.63) is 30.1 Å². The standard InChI is InChI=1S/C19H32N2/c1-4-16-5-6-18(14-21-13-15(2)3)19(11-16)12-17-7-9-20-10-8-17/h7-10,15-16,18-19,21H,4-6,11-14H2,1-3H3. The van der Waals surface area contributed by atoms with E-state index in [1.54, 1.807) is 0 Å². The molecule has 0 aromatic carbocycles. The van der Waals surface area contributed by atoms with Gasteiger partial charge in [-0.25, -0.2) is 0 Å². The van der Waals surface area contributed by atoms with Crippen LogP contribution >= 0.6 is 0 Å². The molecule has 1 fully saturated rings. The Morgan fingerprint density at radius 2 is 1.95 bits per heavy atom. The monoisotopic (exact) mass is 288 g/mol. The molecule has 0 bridgehead atoms. The average Bonchev–Trinajstić information content (AvgIpc) is 2.49. The van der Waals surface area contributed by atoms with Gasteiger partial charge in [-0.2, -0.15) is 0 Å². The van der Waals surface area contributed by atoms with E-state index in [1.807, 2.05) is 12.4 Å². The van der Waals surface area contributed by atoms with Crippen LogP contribution in [0, 0.1) is 23.7 Å². The molecular formula is C19H32N2. The van der Waals surface area contributed by atoms with Gasteiger partial charge in [-0.05, 0) is 73.7 Å². The van der Waals surface area contributed by atoms with Crippen molar-refractivity contribution in [2.24, 2.45) is 23.7 Å². The van der Waals surface area contributed by atoms with Gasteiger partial charge in [0, 0.05) is 12.4 Å². The van der Waals surface area contributed by atoms with Gasteiger partial charge in [0.25, 0.3) is 0 Å². The number of rotatable bonds is 7. The maximum absolute atomic E-state index is 4.15. The van der Waals surface area contributed by atoms with Crippen LogP contribution in [-0.2, 0) is 6.42 Å². The van der Waals surface area contributed by atoms with Crippen molar-refractivity contribution in [1.82, 2.24) is 10.3 Å². The van der Waals surface area contributed by atoms with Gasteiger partial charge in [-0.1, -0.05) is 33.6 Å². The molecule has 2 nitrogen and oxygen atoms in total. The van der Waals surface area contributed by atoms with Crippen LogP contribution in [0.3, 0.4) is 0 Å². The van der Waals surface area contributed by atoms with Crippen LogP contribution in [0.4, 0.5) is 0 Å². The fourth-order valence-electron chi connectivity index (χ4n) is 3.69. The Kier molecular flexibility index (Phi) is 6.69. The first-order valence-corrected chi connectivity index (χ1v) is 8.78. The summed E-state index contributed by atoms with van der Waals surface area (Å²) >= 11 is 0. The van der Waals surface area contributed by atoms with Crippen molar-refractivity contribution in [3.8, 4) is 0 Å². The van der Waals surface area contributed by atoms with Crippen LogP contribution in [0.15, 0.2) is 24.5 Å². The van der Waals surface area contributed by atoms with Gasteiger partial charge < -0.3 is 5.32 Å². The summed E-state index contributed by atoms with van der Waals surface area (Å²) in [6.45, 7) is 9.27. The predicted octanol–water partition coefficient (Wildman–Crippen LogP) is 4.31. The summed E-state index contributed by atoms with van der Waals surface area (Å²) in [5, 5.41) is 3.69. The molecule has 0 aliphatic heterocycles. The quantitative estimate of drug-likeness (QED) is 0.808. The molecule has 1 aliphatic rings. The number of nitrogens with one attached hydrogen (secondary N) is 1. The van der Waals surface area contributed by atoms with Crippen LogP contribution in [-0.4, -0.2) is 18.1 Å². The van der Waals surface area contributed by atoms with Gasteiger partial charge in [-0.15, -0.1) is 0 Å². The number of hydrogen-bond donors (Lipinski definition) is 1. The van der Waals surface area contributed by atoms with Crippen LogP contribution in [0.5, 0.6) is 0 Å². The summed E-state index contributed by atoms with van der Waals surface area (Å²) in [6, 6.07) is 4.38. The predicted molar refractivity (Wildman–Crippen MR) is 90.3 cm³/mol. The molecule has 118 valence electrons. The second-order valence-corrected chi connectivity index (χ2v) is 7.22. The Labute approximate surface area is 130 Å². The summed E-state index contributed by atoms with van der Waals surface area (Å²) < 4.78 is 0. The Balaban J connectivity index is 1.93. The van der Waals surface area contributed by atoms with E-state index < -0.39 is 0 Å². The van der Waals surface area contributed by atoms with E-state index in [0.29, 0.717) is 0 Å². The highest BCUT2D eigenvalue weighted by atomic mass is 14.9. The molecule has 1 N–H and O–H groups in total. The maximum Gasteiger partial charge on any atom is 0.0270 e. The van der Waals surface area contributed by atoms with Gasteiger partial charge in [0.1, 0.15) is 0 Å². The van der Waals surface area contributed by atoms with E-state index >= 15 is 0 Å². The van der Waals surface area contributed by atoms with Crippen LogP contribution in [0.1, 0.15) is 52.0 Å². The van der Waals surface area contributed by atoms with Gasteiger partial charge in [-0.3, -0.25) is 4.98 Å². The minimum atomic E-state index is 0.746.